The Kier molecular flexibility index (Phi) is 8.85. The molecule has 0 unspecified atom stereocenters. The predicted octanol–water partition coefficient (Wildman–Crippen LogP) is 4.03. The number of hydrogen-bond donors (Lipinski definition) is 3. The van der Waals surface area contributed by atoms with E-state index in [0.717, 1.165) is 12.8 Å². The van der Waals surface area contributed by atoms with E-state index in [4.69, 9.17) is 4.74 Å². The Balaban J connectivity index is 1.81. The van der Waals surface area contributed by atoms with Crippen molar-refractivity contribution in [3.05, 3.63) is 34.1 Å². The van der Waals surface area contributed by atoms with Crippen molar-refractivity contribution in [2.24, 2.45) is 11.8 Å². The van der Waals surface area contributed by atoms with Gasteiger partial charge >= 0.3 is 12.1 Å². The fraction of sp³-hybridized carbons (Fsp3) is 0.591. The van der Waals surface area contributed by atoms with E-state index < -0.39 is 29.5 Å². The van der Waals surface area contributed by atoms with Crippen molar-refractivity contribution in [3.8, 4) is 0 Å². The standard InChI is InChI=1S/C22H30BrFN2O5/c1-22(2,3)31-21(30)25-12-13-4-7-15(8-5-13)19(27)26-18(20(28)29)11-14-6-9-16(23)17(24)10-14/h6,9-10,13,15,18H,4-5,7-8,11-12H2,1-3H3,(H,25,30)(H,26,27)(H,28,29)/t13-,15-,18-/m0/s1. The van der Waals surface area contributed by atoms with Crippen LogP contribution in [0, 0.1) is 17.7 Å². The van der Waals surface area contributed by atoms with Gasteiger partial charge in [-0.3, -0.25) is 4.79 Å². The number of nitrogens with one attached hydrogen (secondary N) is 2. The molecule has 1 aromatic rings. The van der Waals surface area contributed by atoms with Crippen LogP contribution in [0.5, 0.6) is 0 Å². The molecule has 0 radical (unpaired) electrons. The quantitative estimate of drug-likeness (QED) is 0.524. The largest absolute Gasteiger partial charge is 0.480 e. The minimum absolute atomic E-state index is 0.000423. The van der Waals surface area contributed by atoms with Gasteiger partial charge in [-0.05, 0) is 86.0 Å². The molecule has 2 amide bonds. The van der Waals surface area contributed by atoms with Crippen LogP contribution in [-0.4, -0.2) is 41.3 Å². The summed E-state index contributed by atoms with van der Waals surface area (Å²) in [7, 11) is 0. The van der Waals surface area contributed by atoms with Gasteiger partial charge in [0.15, 0.2) is 0 Å². The summed E-state index contributed by atoms with van der Waals surface area (Å²) in [5.41, 5.74) is -0.0620. The molecule has 0 saturated heterocycles. The van der Waals surface area contributed by atoms with E-state index in [2.05, 4.69) is 26.6 Å². The summed E-state index contributed by atoms with van der Waals surface area (Å²) in [4.78, 5) is 36.0. The van der Waals surface area contributed by atoms with Crippen molar-refractivity contribution >= 4 is 33.9 Å². The van der Waals surface area contributed by atoms with E-state index in [1.807, 2.05) is 0 Å². The van der Waals surface area contributed by atoms with Gasteiger partial charge in [0.25, 0.3) is 0 Å². The Morgan fingerprint density at radius 3 is 2.42 bits per heavy atom. The summed E-state index contributed by atoms with van der Waals surface area (Å²) in [5.74, 6) is -1.97. The second-order valence-electron chi connectivity index (χ2n) is 8.95. The minimum Gasteiger partial charge on any atom is -0.480 e. The first-order valence-electron chi connectivity index (χ1n) is 10.4. The van der Waals surface area contributed by atoms with Crippen LogP contribution in [0.25, 0.3) is 0 Å². The maximum Gasteiger partial charge on any atom is 0.407 e. The lowest BCUT2D eigenvalue weighted by molar-refractivity contribution is -0.142. The molecule has 1 aliphatic rings. The number of amides is 2. The Bertz CT molecular complexity index is 804. The predicted molar refractivity (Wildman–Crippen MR) is 117 cm³/mol. The molecule has 0 aromatic heterocycles. The average molecular weight is 501 g/mol. The Labute approximate surface area is 190 Å². The number of aliphatic carboxylic acids is 1. The number of carboxylic acids is 1. The number of carbonyl (C=O) groups is 3. The zero-order valence-electron chi connectivity index (χ0n) is 18.0. The zero-order valence-corrected chi connectivity index (χ0v) is 19.6. The Morgan fingerprint density at radius 2 is 1.87 bits per heavy atom. The molecular weight excluding hydrogens is 471 g/mol. The molecule has 0 spiro atoms. The van der Waals surface area contributed by atoms with Crippen LogP contribution in [0.4, 0.5) is 9.18 Å². The molecule has 31 heavy (non-hydrogen) atoms. The van der Waals surface area contributed by atoms with E-state index in [0.29, 0.717) is 29.4 Å². The molecular formula is C22H30BrFN2O5. The third-order valence-corrected chi connectivity index (χ3v) is 5.83. The smallest absolute Gasteiger partial charge is 0.407 e. The van der Waals surface area contributed by atoms with Crippen molar-refractivity contribution < 1.29 is 28.6 Å². The van der Waals surface area contributed by atoms with Gasteiger partial charge in [-0.2, -0.15) is 0 Å². The molecule has 9 heteroatoms. The Morgan fingerprint density at radius 1 is 1.23 bits per heavy atom. The first-order chi connectivity index (χ1) is 14.4. The third kappa shape index (κ3) is 8.47. The molecule has 0 heterocycles. The van der Waals surface area contributed by atoms with Crippen LogP contribution < -0.4 is 10.6 Å². The lowest BCUT2D eigenvalue weighted by atomic mass is 9.81. The number of carbonyl (C=O) groups excluding carboxylic acids is 2. The molecule has 0 bridgehead atoms. The normalized spacial score (nSPS) is 19.9. The summed E-state index contributed by atoms with van der Waals surface area (Å²) in [6, 6.07) is 3.27. The maximum absolute atomic E-state index is 13.7. The SMILES string of the molecule is CC(C)(C)OC(=O)NC[C@H]1CC[C@H](C(=O)N[C@@H](Cc2ccc(Br)c(F)c2)C(=O)O)CC1. The zero-order chi connectivity index (χ0) is 23.2. The molecule has 0 aliphatic heterocycles. The number of ether oxygens (including phenoxy) is 1. The minimum atomic E-state index is -1.16. The number of halogens is 2. The van der Waals surface area contributed by atoms with Gasteiger partial charge < -0.3 is 20.5 Å². The van der Waals surface area contributed by atoms with Crippen molar-refractivity contribution in [3.63, 3.8) is 0 Å². The molecule has 172 valence electrons. The van der Waals surface area contributed by atoms with E-state index >= 15 is 0 Å². The van der Waals surface area contributed by atoms with Crippen LogP contribution in [0.1, 0.15) is 52.0 Å². The van der Waals surface area contributed by atoms with Crippen molar-refractivity contribution in [1.82, 2.24) is 10.6 Å². The highest BCUT2D eigenvalue weighted by atomic mass is 79.9. The van der Waals surface area contributed by atoms with E-state index in [-0.39, 0.29) is 24.2 Å². The summed E-state index contributed by atoms with van der Waals surface area (Å²) < 4.78 is 19.2. The van der Waals surface area contributed by atoms with Gasteiger partial charge in [-0.25, -0.2) is 14.0 Å². The van der Waals surface area contributed by atoms with Crippen molar-refractivity contribution in [1.29, 1.82) is 0 Å². The van der Waals surface area contributed by atoms with Crippen LogP contribution in [-0.2, 0) is 20.7 Å². The molecule has 1 atom stereocenters. The monoisotopic (exact) mass is 500 g/mol. The van der Waals surface area contributed by atoms with Gasteiger partial charge in [0.1, 0.15) is 17.5 Å². The second-order valence-corrected chi connectivity index (χ2v) is 9.81. The van der Waals surface area contributed by atoms with Crippen LogP contribution in [0.15, 0.2) is 22.7 Å². The maximum atomic E-state index is 13.7. The lowest BCUT2D eigenvalue weighted by Crippen LogP contribution is -2.46. The molecule has 1 aliphatic carbocycles. The van der Waals surface area contributed by atoms with Crippen LogP contribution >= 0.6 is 15.9 Å². The first kappa shape index (κ1) is 25.1. The van der Waals surface area contributed by atoms with E-state index in [9.17, 15) is 23.9 Å². The molecule has 1 saturated carbocycles. The summed E-state index contributed by atoms with van der Waals surface area (Å²) in [6.07, 6.45) is 2.28. The number of benzene rings is 1. The number of rotatable bonds is 7. The van der Waals surface area contributed by atoms with Gasteiger partial charge in [0.05, 0.1) is 4.47 Å². The number of hydrogen-bond acceptors (Lipinski definition) is 4. The molecule has 2 rings (SSSR count). The summed E-state index contributed by atoms with van der Waals surface area (Å²) in [5, 5.41) is 14.8. The van der Waals surface area contributed by atoms with Gasteiger partial charge in [-0.1, -0.05) is 6.07 Å². The topological polar surface area (TPSA) is 105 Å². The Hall–Kier alpha value is -2.16. The fourth-order valence-corrected chi connectivity index (χ4v) is 3.81. The fourth-order valence-electron chi connectivity index (χ4n) is 3.56. The van der Waals surface area contributed by atoms with Crippen LogP contribution in [0.2, 0.25) is 0 Å². The highest BCUT2D eigenvalue weighted by Crippen LogP contribution is 2.29. The molecule has 1 aromatic carbocycles. The van der Waals surface area contributed by atoms with E-state index in [1.54, 1.807) is 26.8 Å². The summed E-state index contributed by atoms with van der Waals surface area (Å²) >= 11 is 3.06. The second kappa shape index (κ2) is 10.9. The third-order valence-electron chi connectivity index (χ3n) is 5.19. The first-order valence-corrected chi connectivity index (χ1v) is 11.2. The lowest BCUT2D eigenvalue weighted by Gasteiger charge is -2.29. The highest BCUT2D eigenvalue weighted by molar-refractivity contribution is 9.10. The molecule has 3 N–H and O–H groups in total. The summed E-state index contributed by atoms with van der Waals surface area (Å²) in [6.45, 7) is 5.88. The van der Waals surface area contributed by atoms with Gasteiger partial charge in [0.2, 0.25) is 5.91 Å². The number of carboxylic acid groups (broad SMARTS) is 1. The number of alkyl carbamates (subject to hydrolysis) is 1. The van der Waals surface area contributed by atoms with Crippen molar-refractivity contribution in [2.75, 3.05) is 6.54 Å². The van der Waals surface area contributed by atoms with Crippen LogP contribution in [0.3, 0.4) is 0 Å². The average Bonchev–Trinajstić information content (AvgIpc) is 2.67. The van der Waals surface area contributed by atoms with Gasteiger partial charge in [0, 0.05) is 18.9 Å². The van der Waals surface area contributed by atoms with Crippen molar-refractivity contribution in [2.45, 2.75) is 64.5 Å². The van der Waals surface area contributed by atoms with Gasteiger partial charge in [-0.15, -0.1) is 0 Å². The molecule has 1 fully saturated rings. The highest BCUT2D eigenvalue weighted by Gasteiger charge is 2.30. The van der Waals surface area contributed by atoms with E-state index in [1.165, 1.54) is 12.1 Å². The molecule has 7 nitrogen and oxygen atoms in total.